The summed E-state index contributed by atoms with van der Waals surface area (Å²) < 4.78 is 0. The minimum atomic E-state index is -1.14. The smallest absolute Gasteiger partial charge is 0.314 e. The fourth-order valence-corrected chi connectivity index (χ4v) is 2.40. The molecular formula is C14H14O4. The maximum Gasteiger partial charge on any atom is 0.314 e. The molecule has 2 unspecified atom stereocenters. The Morgan fingerprint density at radius 1 is 1.22 bits per heavy atom. The molecule has 1 aliphatic carbocycles. The van der Waals surface area contributed by atoms with Crippen LogP contribution in [-0.2, 0) is 14.4 Å². The van der Waals surface area contributed by atoms with Crippen LogP contribution in [0.4, 0.5) is 0 Å². The van der Waals surface area contributed by atoms with Gasteiger partial charge in [-0.05, 0) is 12.5 Å². The molecule has 1 aromatic carbocycles. The zero-order chi connectivity index (χ0) is 13.3. The first-order valence-electron chi connectivity index (χ1n) is 5.83. The van der Waals surface area contributed by atoms with Crippen LogP contribution in [0.2, 0.25) is 0 Å². The van der Waals surface area contributed by atoms with Crippen molar-refractivity contribution in [2.45, 2.75) is 25.7 Å². The van der Waals surface area contributed by atoms with Crippen molar-refractivity contribution in [3.8, 4) is 0 Å². The highest BCUT2D eigenvalue weighted by molar-refractivity contribution is 6.10. The van der Waals surface area contributed by atoms with E-state index < -0.39 is 23.6 Å². The standard InChI is InChI=1S/C14H14O4/c1-8-2-4-9(5-3-8)11-6-10(15)7-12(16)13(11)14(17)18/h2-5,11,13H,6-7H2,1H3,(H,17,18). The van der Waals surface area contributed by atoms with Crippen LogP contribution in [0.3, 0.4) is 0 Å². The third kappa shape index (κ3) is 2.32. The summed E-state index contributed by atoms with van der Waals surface area (Å²) in [6.07, 6.45) is -0.120. The van der Waals surface area contributed by atoms with Crippen LogP contribution in [0.15, 0.2) is 24.3 Å². The lowest BCUT2D eigenvalue weighted by Crippen LogP contribution is -2.37. The molecule has 2 atom stereocenters. The second kappa shape index (κ2) is 4.72. The molecule has 1 fully saturated rings. The average Bonchev–Trinajstić information content (AvgIpc) is 2.28. The Morgan fingerprint density at radius 2 is 1.83 bits per heavy atom. The molecule has 0 saturated heterocycles. The summed E-state index contributed by atoms with van der Waals surface area (Å²) in [6.45, 7) is 1.93. The molecule has 1 aromatic rings. The number of carboxylic acid groups (broad SMARTS) is 1. The van der Waals surface area contributed by atoms with E-state index in [1.165, 1.54) is 0 Å². The Labute approximate surface area is 105 Å². The number of hydrogen-bond acceptors (Lipinski definition) is 3. The molecule has 0 spiro atoms. The highest BCUT2D eigenvalue weighted by Gasteiger charge is 2.41. The number of hydrogen-bond donors (Lipinski definition) is 1. The first-order chi connectivity index (χ1) is 8.49. The van der Waals surface area contributed by atoms with Crippen molar-refractivity contribution >= 4 is 17.5 Å². The van der Waals surface area contributed by atoms with Crippen molar-refractivity contribution < 1.29 is 19.5 Å². The van der Waals surface area contributed by atoms with Crippen LogP contribution in [0.1, 0.15) is 29.9 Å². The van der Waals surface area contributed by atoms with Crippen molar-refractivity contribution in [2.24, 2.45) is 5.92 Å². The number of carboxylic acids is 1. The Hall–Kier alpha value is -1.97. The molecule has 94 valence electrons. The number of aryl methyl sites for hydroxylation is 1. The molecule has 1 saturated carbocycles. The highest BCUT2D eigenvalue weighted by Crippen LogP contribution is 2.34. The fraction of sp³-hybridized carbons (Fsp3) is 0.357. The zero-order valence-corrected chi connectivity index (χ0v) is 10.1. The van der Waals surface area contributed by atoms with E-state index in [2.05, 4.69) is 0 Å². The summed E-state index contributed by atoms with van der Waals surface area (Å²) in [5.41, 5.74) is 1.80. The number of Topliss-reactive ketones (excluding diaryl/α,β-unsaturated/α-hetero) is 2. The number of carbonyl (C=O) groups is 3. The predicted octanol–water partition coefficient (Wildman–Crippen LogP) is 1.71. The summed E-state index contributed by atoms with van der Waals surface area (Å²) in [5, 5.41) is 9.15. The molecule has 0 aromatic heterocycles. The molecule has 0 radical (unpaired) electrons. The lowest BCUT2D eigenvalue weighted by atomic mass is 9.74. The van der Waals surface area contributed by atoms with Gasteiger partial charge in [0.25, 0.3) is 0 Å². The predicted molar refractivity (Wildman–Crippen MR) is 64.3 cm³/mol. The monoisotopic (exact) mass is 246 g/mol. The van der Waals surface area contributed by atoms with Crippen molar-refractivity contribution in [1.29, 1.82) is 0 Å². The van der Waals surface area contributed by atoms with Crippen LogP contribution in [0, 0.1) is 12.8 Å². The second-order valence-electron chi connectivity index (χ2n) is 4.72. The molecule has 1 aliphatic rings. The average molecular weight is 246 g/mol. The van der Waals surface area contributed by atoms with Gasteiger partial charge in [0, 0.05) is 12.3 Å². The van der Waals surface area contributed by atoms with Crippen molar-refractivity contribution in [2.75, 3.05) is 0 Å². The Bertz CT molecular complexity index is 501. The van der Waals surface area contributed by atoms with E-state index in [1.807, 2.05) is 19.1 Å². The molecule has 18 heavy (non-hydrogen) atoms. The van der Waals surface area contributed by atoms with Crippen molar-refractivity contribution in [3.63, 3.8) is 0 Å². The molecular weight excluding hydrogens is 232 g/mol. The van der Waals surface area contributed by atoms with Gasteiger partial charge in [-0.1, -0.05) is 29.8 Å². The first kappa shape index (κ1) is 12.5. The van der Waals surface area contributed by atoms with Gasteiger partial charge >= 0.3 is 5.97 Å². The molecule has 0 bridgehead atoms. The number of benzene rings is 1. The van der Waals surface area contributed by atoms with Gasteiger partial charge in [0.05, 0.1) is 6.42 Å². The summed E-state index contributed by atoms with van der Waals surface area (Å²) in [4.78, 5) is 34.4. The molecule has 4 nitrogen and oxygen atoms in total. The van der Waals surface area contributed by atoms with Gasteiger partial charge in [-0.25, -0.2) is 0 Å². The number of rotatable bonds is 2. The van der Waals surface area contributed by atoms with Crippen LogP contribution >= 0.6 is 0 Å². The summed E-state index contributed by atoms with van der Waals surface area (Å²) >= 11 is 0. The molecule has 0 amide bonds. The van der Waals surface area contributed by atoms with Gasteiger partial charge in [-0.3, -0.25) is 14.4 Å². The number of carbonyl (C=O) groups excluding carboxylic acids is 2. The Morgan fingerprint density at radius 3 is 2.39 bits per heavy atom. The number of ketones is 2. The van der Waals surface area contributed by atoms with E-state index in [1.54, 1.807) is 12.1 Å². The van der Waals surface area contributed by atoms with E-state index in [4.69, 9.17) is 5.11 Å². The van der Waals surface area contributed by atoms with E-state index in [0.29, 0.717) is 0 Å². The minimum absolute atomic E-state index is 0.131. The van der Waals surface area contributed by atoms with Crippen LogP contribution in [0.25, 0.3) is 0 Å². The zero-order valence-electron chi connectivity index (χ0n) is 10.1. The van der Waals surface area contributed by atoms with Crippen molar-refractivity contribution in [3.05, 3.63) is 35.4 Å². The summed E-state index contributed by atoms with van der Waals surface area (Å²) in [6, 6.07) is 7.30. The normalized spacial score (nSPS) is 24.1. The summed E-state index contributed by atoms with van der Waals surface area (Å²) in [5.74, 6) is -3.42. The van der Waals surface area contributed by atoms with E-state index in [0.717, 1.165) is 11.1 Å². The van der Waals surface area contributed by atoms with Gasteiger partial charge in [0.2, 0.25) is 0 Å². The molecule has 0 aliphatic heterocycles. The second-order valence-corrected chi connectivity index (χ2v) is 4.72. The maximum atomic E-state index is 11.7. The van der Waals surface area contributed by atoms with E-state index >= 15 is 0 Å². The molecule has 4 heteroatoms. The van der Waals surface area contributed by atoms with Gasteiger partial charge in [-0.15, -0.1) is 0 Å². The molecule has 2 rings (SSSR count). The first-order valence-corrected chi connectivity index (χ1v) is 5.83. The topological polar surface area (TPSA) is 71.4 Å². The Kier molecular flexibility index (Phi) is 3.28. The highest BCUT2D eigenvalue weighted by atomic mass is 16.4. The van der Waals surface area contributed by atoms with Gasteiger partial charge < -0.3 is 5.11 Å². The quantitative estimate of drug-likeness (QED) is 0.806. The third-order valence-electron chi connectivity index (χ3n) is 3.34. The van der Waals surface area contributed by atoms with Gasteiger partial charge in [0.15, 0.2) is 5.78 Å². The minimum Gasteiger partial charge on any atom is -0.481 e. The van der Waals surface area contributed by atoms with Gasteiger partial charge in [-0.2, -0.15) is 0 Å². The van der Waals surface area contributed by atoms with Crippen molar-refractivity contribution in [1.82, 2.24) is 0 Å². The largest absolute Gasteiger partial charge is 0.481 e. The Balaban J connectivity index is 2.37. The maximum absolute atomic E-state index is 11.7. The molecule has 0 heterocycles. The van der Waals surface area contributed by atoms with E-state index in [-0.39, 0.29) is 18.6 Å². The van der Waals surface area contributed by atoms with Crippen LogP contribution in [0.5, 0.6) is 0 Å². The lowest BCUT2D eigenvalue weighted by Gasteiger charge is -2.27. The SMILES string of the molecule is Cc1ccc(C2CC(=O)CC(=O)C2C(=O)O)cc1. The molecule has 1 N–H and O–H groups in total. The fourth-order valence-electron chi connectivity index (χ4n) is 2.40. The third-order valence-corrected chi connectivity index (χ3v) is 3.34. The van der Waals surface area contributed by atoms with Crippen LogP contribution in [-0.4, -0.2) is 22.6 Å². The number of aliphatic carboxylic acids is 1. The lowest BCUT2D eigenvalue weighted by molar-refractivity contribution is -0.149. The summed E-state index contributed by atoms with van der Waals surface area (Å²) in [7, 11) is 0. The van der Waals surface area contributed by atoms with E-state index in [9.17, 15) is 14.4 Å². The van der Waals surface area contributed by atoms with Crippen LogP contribution < -0.4 is 0 Å². The van der Waals surface area contributed by atoms with Gasteiger partial charge in [0.1, 0.15) is 11.7 Å².